The molecule has 0 atom stereocenters. The molecule has 0 bridgehead atoms. The molecule has 0 aliphatic heterocycles. The number of ether oxygens (including phenoxy) is 1. The van der Waals surface area contributed by atoms with Crippen LogP contribution in [-0.4, -0.2) is 61.3 Å². The normalized spacial score (nSPS) is 10.4. The summed E-state index contributed by atoms with van der Waals surface area (Å²) in [5.74, 6) is -3.94. The van der Waals surface area contributed by atoms with Gasteiger partial charge in [-0.1, -0.05) is 34.8 Å². The molecule has 0 spiro atoms. The van der Waals surface area contributed by atoms with Gasteiger partial charge < -0.3 is 4.74 Å². The first-order valence-electron chi connectivity index (χ1n) is 12.2. The second kappa shape index (κ2) is 15.2. The van der Waals surface area contributed by atoms with Crippen LogP contribution < -0.4 is 4.90 Å². The summed E-state index contributed by atoms with van der Waals surface area (Å²) in [4.78, 5) is 77.9. The molecule has 0 fully saturated rings. The van der Waals surface area contributed by atoms with Crippen molar-refractivity contribution in [1.82, 2.24) is 19.7 Å². The van der Waals surface area contributed by atoms with E-state index in [9.17, 15) is 28.8 Å². The number of anilines is 1. The predicted octanol–water partition coefficient (Wildman–Crippen LogP) is 5.68. The molecule has 0 saturated carbocycles. The van der Waals surface area contributed by atoms with E-state index < -0.39 is 41.6 Å². The average Bonchev–Trinajstić information content (AvgIpc) is 3.25. The molecule has 0 saturated heterocycles. The summed E-state index contributed by atoms with van der Waals surface area (Å²) in [7, 11) is 0. The second-order valence-electron chi connectivity index (χ2n) is 8.89. The first kappa shape index (κ1) is 35.5. The van der Waals surface area contributed by atoms with E-state index in [1.165, 1.54) is 45.2 Å². The Kier molecular flexibility index (Phi) is 12.6. The van der Waals surface area contributed by atoms with Gasteiger partial charge in [0.25, 0.3) is 11.8 Å². The fourth-order valence-corrected chi connectivity index (χ4v) is 4.90. The first-order valence-corrected chi connectivity index (χ1v) is 14.1. The van der Waals surface area contributed by atoms with E-state index >= 15 is 0 Å². The maximum absolute atomic E-state index is 13.8. The summed E-state index contributed by atoms with van der Waals surface area (Å²) in [6, 6.07) is 6.54. The van der Waals surface area contributed by atoms with Gasteiger partial charge in [0.1, 0.15) is 10.3 Å². The van der Waals surface area contributed by atoms with Gasteiger partial charge >= 0.3 is 11.9 Å². The van der Waals surface area contributed by atoms with Crippen molar-refractivity contribution in [3.63, 3.8) is 0 Å². The smallest absolute Gasteiger partial charge is 0.310 e. The zero-order valence-corrected chi connectivity index (χ0v) is 27.5. The molecule has 0 radical (unpaired) electrons. The molecule has 0 aliphatic rings. The molecular formula is C27H25BrCl3N5O7. The fraction of sp³-hybridized carbons (Fsp3) is 0.259. The molecule has 1 aromatic carbocycles. The number of nitrogens with zero attached hydrogens (tertiary/aromatic N) is 5. The van der Waals surface area contributed by atoms with E-state index in [-0.39, 0.29) is 42.4 Å². The molecule has 0 aliphatic carbocycles. The van der Waals surface area contributed by atoms with Crippen LogP contribution in [-0.2, 0) is 23.9 Å². The Morgan fingerprint density at radius 1 is 0.884 bits per heavy atom. The van der Waals surface area contributed by atoms with Crippen molar-refractivity contribution in [1.29, 1.82) is 0 Å². The fourth-order valence-electron chi connectivity index (χ4n) is 3.75. The van der Waals surface area contributed by atoms with Crippen molar-refractivity contribution in [3.8, 4) is 5.82 Å². The lowest BCUT2D eigenvalue weighted by Gasteiger charge is -2.28. The summed E-state index contributed by atoms with van der Waals surface area (Å²) in [5, 5.41) is 4.34. The Bertz CT molecular complexity index is 1600. The Morgan fingerprint density at radius 3 is 1.95 bits per heavy atom. The molecule has 2 heterocycles. The number of carbonyl (C=O) groups excluding carboxylic acids is 6. The number of halogens is 4. The minimum atomic E-state index is -0.875. The highest BCUT2D eigenvalue weighted by Crippen LogP contribution is 2.36. The molecule has 3 aromatic rings. The number of aromatic nitrogens is 3. The summed E-state index contributed by atoms with van der Waals surface area (Å²) >= 11 is 22.1. The number of pyridine rings is 1. The largest absolute Gasteiger partial charge is 0.394 e. The molecule has 16 heteroatoms. The SMILES string of the molecule is CC(=O)N(C(=O)c1cc(Br)nn1-c1ncccc1Cl)c1c(Cl)cc(Cl)cc1C(=O)N(C(C)=O)C(C)C.CC(=O)OC(C)=O. The van der Waals surface area contributed by atoms with Crippen molar-refractivity contribution in [2.24, 2.45) is 0 Å². The van der Waals surface area contributed by atoms with Gasteiger partial charge in [0.15, 0.2) is 5.82 Å². The van der Waals surface area contributed by atoms with Crippen molar-refractivity contribution in [2.75, 3.05) is 4.90 Å². The molecule has 0 N–H and O–H groups in total. The third-order valence-corrected chi connectivity index (χ3v) is 6.39. The average molecular weight is 718 g/mol. The maximum atomic E-state index is 13.8. The van der Waals surface area contributed by atoms with E-state index in [4.69, 9.17) is 34.8 Å². The number of hydrogen-bond donors (Lipinski definition) is 0. The molecule has 12 nitrogen and oxygen atoms in total. The third kappa shape index (κ3) is 8.92. The number of esters is 2. The van der Waals surface area contributed by atoms with Crippen LogP contribution in [0, 0.1) is 0 Å². The number of rotatable bonds is 5. The molecule has 3 rings (SSSR count). The van der Waals surface area contributed by atoms with E-state index in [0.717, 1.165) is 21.4 Å². The molecule has 4 amide bonds. The quantitative estimate of drug-likeness (QED) is 0.240. The number of imide groups is 2. The van der Waals surface area contributed by atoms with Crippen LogP contribution in [0.3, 0.4) is 0 Å². The predicted molar refractivity (Wildman–Crippen MR) is 162 cm³/mol. The summed E-state index contributed by atoms with van der Waals surface area (Å²) < 4.78 is 5.39. The lowest BCUT2D eigenvalue weighted by atomic mass is 10.1. The number of hydrogen-bond acceptors (Lipinski definition) is 9. The second-order valence-corrected chi connectivity index (χ2v) is 11.0. The van der Waals surface area contributed by atoms with Gasteiger partial charge in [-0.2, -0.15) is 5.10 Å². The topological polar surface area (TPSA) is 149 Å². The molecule has 2 aromatic heterocycles. The molecular weight excluding hydrogens is 693 g/mol. The maximum Gasteiger partial charge on any atom is 0.310 e. The molecule has 228 valence electrons. The van der Waals surface area contributed by atoms with Gasteiger partial charge in [0, 0.05) is 51.0 Å². The zero-order valence-electron chi connectivity index (χ0n) is 23.6. The third-order valence-electron chi connectivity index (χ3n) is 5.20. The number of benzene rings is 1. The summed E-state index contributed by atoms with van der Waals surface area (Å²) in [6.45, 7) is 8.01. The highest BCUT2D eigenvalue weighted by Gasteiger charge is 2.34. The van der Waals surface area contributed by atoms with Crippen molar-refractivity contribution >= 4 is 92.0 Å². The van der Waals surface area contributed by atoms with Crippen molar-refractivity contribution in [2.45, 2.75) is 47.6 Å². The van der Waals surface area contributed by atoms with Gasteiger partial charge in [-0.15, -0.1) is 0 Å². The Hall–Kier alpha value is -3.65. The summed E-state index contributed by atoms with van der Waals surface area (Å²) in [6.07, 6.45) is 1.46. The lowest BCUT2D eigenvalue weighted by molar-refractivity contribution is -0.156. The van der Waals surface area contributed by atoms with E-state index in [2.05, 4.69) is 30.7 Å². The summed E-state index contributed by atoms with van der Waals surface area (Å²) in [5.41, 5.74) is -0.540. The minimum Gasteiger partial charge on any atom is -0.394 e. The van der Waals surface area contributed by atoms with E-state index in [1.54, 1.807) is 26.0 Å². The van der Waals surface area contributed by atoms with Gasteiger partial charge in [-0.3, -0.25) is 33.7 Å². The van der Waals surface area contributed by atoms with Crippen LogP contribution in [0.15, 0.2) is 41.1 Å². The van der Waals surface area contributed by atoms with Crippen molar-refractivity contribution in [3.05, 3.63) is 67.5 Å². The number of carbonyl (C=O) groups is 6. The van der Waals surface area contributed by atoms with Gasteiger partial charge in [0.05, 0.1) is 21.3 Å². The van der Waals surface area contributed by atoms with Crippen LogP contribution in [0.2, 0.25) is 15.1 Å². The number of amides is 4. The van der Waals surface area contributed by atoms with E-state index in [0.29, 0.717) is 0 Å². The van der Waals surface area contributed by atoms with E-state index in [1.807, 2.05) is 0 Å². The lowest BCUT2D eigenvalue weighted by Crippen LogP contribution is -2.43. The van der Waals surface area contributed by atoms with Crippen LogP contribution in [0.1, 0.15) is 62.4 Å². The molecule has 43 heavy (non-hydrogen) atoms. The van der Waals surface area contributed by atoms with Crippen LogP contribution >= 0.6 is 50.7 Å². The van der Waals surface area contributed by atoms with Gasteiger partial charge in [0.2, 0.25) is 11.8 Å². The highest BCUT2D eigenvalue weighted by atomic mass is 79.9. The Labute approximate surface area is 270 Å². The van der Waals surface area contributed by atoms with Gasteiger partial charge in [-0.25, -0.2) is 14.6 Å². The van der Waals surface area contributed by atoms with Crippen LogP contribution in [0.5, 0.6) is 0 Å². The van der Waals surface area contributed by atoms with Crippen LogP contribution in [0.25, 0.3) is 5.82 Å². The van der Waals surface area contributed by atoms with Gasteiger partial charge in [-0.05, 0) is 54.0 Å². The Balaban J connectivity index is 0.000000821. The first-order chi connectivity index (χ1) is 20.0. The Morgan fingerprint density at radius 2 is 1.49 bits per heavy atom. The van der Waals surface area contributed by atoms with Crippen LogP contribution in [0.4, 0.5) is 5.69 Å². The molecule has 0 unspecified atom stereocenters. The highest BCUT2D eigenvalue weighted by molar-refractivity contribution is 9.10. The van der Waals surface area contributed by atoms with Crippen molar-refractivity contribution < 1.29 is 33.5 Å². The zero-order chi connectivity index (χ0) is 32.8. The monoisotopic (exact) mass is 715 g/mol. The standard InChI is InChI=1S/C23H19BrCl3N5O4.C4H6O3/c1-11(2)30(12(3)33)22(35)15-8-14(25)9-17(27)20(15)31(13(4)34)23(36)18-10-19(24)29-32(18)21-16(26)6-5-7-28-21;1-3(5)7-4(2)6/h5-11H,1-4H3;1-2H3. The minimum absolute atomic E-state index is 0.0726.